The predicted molar refractivity (Wildman–Crippen MR) is 88.3 cm³/mol. The fraction of sp³-hybridized carbons (Fsp3) is 0.222. The zero-order valence-corrected chi connectivity index (χ0v) is 13.6. The second-order valence-corrected chi connectivity index (χ2v) is 4.98. The summed E-state index contributed by atoms with van der Waals surface area (Å²) in [4.78, 5) is 23.3. The molecule has 0 aliphatic heterocycles. The van der Waals surface area contributed by atoms with E-state index in [2.05, 4.69) is 5.32 Å². The average molecular weight is 329 g/mol. The van der Waals surface area contributed by atoms with Crippen molar-refractivity contribution >= 4 is 18.0 Å². The van der Waals surface area contributed by atoms with E-state index in [4.69, 9.17) is 13.9 Å². The molecule has 1 aromatic heterocycles. The van der Waals surface area contributed by atoms with Crippen LogP contribution < -0.4 is 10.1 Å². The van der Waals surface area contributed by atoms with E-state index in [9.17, 15) is 9.59 Å². The first-order valence-corrected chi connectivity index (χ1v) is 7.38. The number of hydrogen-bond acceptors (Lipinski definition) is 5. The fourth-order valence-corrected chi connectivity index (χ4v) is 1.97. The van der Waals surface area contributed by atoms with Crippen molar-refractivity contribution in [2.45, 2.75) is 13.5 Å². The van der Waals surface area contributed by atoms with Gasteiger partial charge in [-0.15, -0.1) is 0 Å². The van der Waals surface area contributed by atoms with Gasteiger partial charge in [-0.2, -0.15) is 0 Å². The van der Waals surface area contributed by atoms with Crippen molar-refractivity contribution in [2.24, 2.45) is 0 Å². The van der Waals surface area contributed by atoms with E-state index in [-0.39, 0.29) is 6.61 Å². The smallest absolute Gasteiger partial charge is 0.331 e. The van der Waals surface area contributed by atoms with Crippen molar-refractivity contribution in [3.05, 3.63) is 59.6 Å². The van der Waals surface area contributed by atoms with Crippen molar-refractivity contribution in [3.8, 4) is 5.75 Å². The molecule has 2 aromatic rings. The molecule has 6 heteroatoms. The Hall–Kier alpha value is -3.02. The van der Waals surface area contributed by atoms with Gasteiger partial charge in [-0.1, -0.05) is 18.2 Å². The van der Waals surface area contributed by atoms with E-state index >= 15 is 0 Å². The number of para-hydroxylation sites is 1. The lowest BCUT2D eigenvalue weighted by molar-refractivity contribution is -0.143. The van der Waals surface area contributed by atoms with E-state index in [0.717, 1.165) is 11.3 Å². The predicted octanol–water partition coefficient (Wildman–Crippen LogP) is 2.47. The first-order chi connectivity index (χ1) is 11.6. The minimum atomic E-state index is -0.614. The quantitative estimate of drug-likeness (QED) is 0.624. The molecule has 0 radical (unpaired) electrons. The minimum Gasteiger partial charge on any atom is -0.496 e. The van der Waals surface area contributed by atoms with E-state index in [1.165, 1.54) is 12.2 Å². The summed E-state index contributed by atoms with van der Waals surface area (Å²) in [6.07, 6.45) is 2.70. The molecule has 126 valence electrons. The van der Waals surface area contributed by atoms with Crippen molar-refractivity contribution in [3.63, 3.8) is 0 Å². The summed E-state index contributed by atoms with van der Waals surface area (Å²) in [5, 5.41) is 2.67. The average Bonchev–Trinajstić information content (AvgIpc) is 3.01. The molecule has 2 rings (SSSR count). The Morgan fingerprint density at radius 2 is 2.00 bits per heavy atom. The molecular weight excluding hydrogens is 310 g/mol. The van der Waals surface area contributed by atoms with Gasteiger partial charge >= 0.3 is 5.97 Å². The van der Waals surface area contributed by atoms with Crippen LogP contribution in [-0.2, 0) is 20.9 Å². The summed E-state index contributed by atoms with van der Waals surface area (Å²) < 4.78 is 15.3. The van der Waals surface area contributed by atoms with Crippen LogP contribution in [0.3, 0.4) is 0 Å². The van der Waals surface area contributed by atoms with E-state index in [0.29, 0.717) is 18.1 Å². The lowest BCUT2D eigenvalue weighted by atomic mass is 10.2. The topological polar surface area (TPSA) is 77.8 Å². The number of hydrogen-bond donors (Lipinski definition) is 1. The third kappa shape index (κ3) is 5.31. The van der Waals surface area contributed by atoms with E-state index in [1.54, 1.807) is 19.2 Å². The van der Waals surface area contributed by atoms with Gasteiger partial charge in [0.15, 0.2) is 6.61 Å². The molecule has 6 nitrogen and oxygen atoms in total. The summed E-state index contributed by atoms with van der Waals surface area (Å²) >= 11 is 0. The molecule has 0 spiro atoms. The molecule has 0 saturated carbocycles. The maximum absolute atomic E-state index is 11.7. The second-order valence-electron chi connectivity index (χ2n) is 4.98. The number of aryl methyl sites for hydroxylation is 1. The van der Waals surface area contributed by atoms with Gasteiger partial charge in [-0.3, -0.25) is 4.79 Å². The fourth-order valence-electron chi connectivity index (χ4n) is 1.97. The van der Waals surface area contributed by atoms with Crippen LogP contribution in [0.15, 0.2) is 46.9 Å². The van der Waals surface area contributed by atoms with Crippen LogP contribution in [0.5, 0.6) is 5.75 Å². The van der Waals surface area contributed by atoms with Crippen molar-refractivity contribution < 1.29 is 23.5 Å². The van der Waals surface area contributed by atoms with Gasteiger partial charge < -0.3 is 19.2 Å². The molecule has 0 unspecified atom stereocenters. The Labute approximate surface area is 140 Å². The highest BCUT2D eigenvalue weighted by Crippen LogP contribution is 2.16. The molecule has 1 N–H and O–H groups in total. The normalized spacial score (nSPS) is 10.6. The summed E-state index contributed by atoms with van der Waals surface area (Å²) in [5.41, 5.74) is 0.841. The van der Waals surface area contributed by atoms with Crippen molar-refractivity contribution in [2.75, 3.05) is 13.7 Å². The number of amides is 1. The van der Waals surface area contributed by atoms with Gasteiger partial charge in [0.25, 0.3) is 5.91 Å². The zero-order chi connectivity index (χ0) is 17.4. The lowest BCUT2D eigenvalue weighted by Gasteiger charge is -2.09. The van der Waals surface area contributed by atoms with Crippen LogP contribution in [0.2, 0.25) is 0 Å². The summed E-state index contributed by atoms with van der Waals surface area (Å²) in [5.74, 6) is 0.975. The molecule has 0 atom stereocenters. The number of methoxy groups -OCH3 is 1. The van der Waals surface area contributed by atoms with Gasteiger partial charge in [0.1, 0.15) is 17.3 Å². The highest BCUT2D eigenvalue weighted by atomic mass is 16.5. The van der Waals surface area contributed by atoms with Crippen LogP contribution in [0.25, 0.3) is 6.08 Å². The minimum absolute atomic E-state index is 0.294. The summed E-state index contributed by atoms with van der Waals surface area (Å²) in [6.45, 7) is 1.75. The van der Waals surface area contributed by atoms with Crippen LogP contribution in [0.4, 0.5) is 0 Å². The molecule has 0 saturated heterocycles. The number of carbonyl (C=O) groups is 2. The molecule has 0 fully saturated rings. The standard InChI is InChI=1S/C18H19NO5/c1-13-7-8-15(24-13)9-10-18(21)23-12-17(20)19-11-14-5-3-4-6-16(14)22-2/h3-10H,11-12H2,1-2H3,(H,19,20)/b10-9+. The molecule has 0 bridgehead atoms. The van der Waals surface area contributed by atoms with Gasteiger partial charge in [0, 0.05) is 18.2 Å². The van der Waals surface area contributed by atoms with Crippen LogP contribution in [0.1, 0.15) is 17.1 Å². The zero-order valence-electron chi connectivity index (χ0n) is 13.6. The number of furan rings is 1. The first-order valence-electron chi connectivity index (χ1n) is 7.38. The van der Waals surface area contributed by atoms with Crippen molar-refractivity contribution in [1.29, 1.82) is 0 Å². The molecule has 1 heterocycles. The van der Waals surface area contributed by atoms with Crippen LogP contribution >= 0.6 is 0 Å². The summed E-state index contributed by atoms with van der Waals surface area (Å²) in [6, 6.07) is 10.9. The van der Waals surface area contributed by atoms with E-state index < -0.39 is 11.9 Å². The number of esters is 1. The Morgan fingerprint density at radius 3 is 2.71 bits per heavy atom. The maximum atomic E-state index is 11.7. The molecular formula is C18H19NO5. The molecule has 1 aromatic carbocycles. The van der Waals surface area contributed by atoms with Crippen molar-refractivity contribution in [1.82, 2.24) is 5.32 Å². The number of rotatable bonds is 7. The molecule has 0 aliphatic carbocycles. The highest BCUT2D eigenvalue weighted by Gasteiger charge is 2.07. The highest BCUT2D eigenvalue weighted by molar-refractivity contribution is 5.88. The largest absolute Gasteiger partial charge is 0.496 e. The Balaban J connectivity index is 1.74. The Morgan fingerprint density at radius 1 is 1.21 bits per heavy atom. The number of nitrogens with one attached hydrogen (secondary N) is 1. The second kappa shape index (κ2) is 8.57. The lowest BCUT2D eigenvalue weighted by Crippen LogP contribution is -2.28. The molecule has 0 aliphatic rings. The maximum Gasteiger partial charge on any atom is 0.331 e. The first kappa shape index (κ1) is 17.3. The van der Waals surface area contributed by atoms with Crippen LogP contribution in [-0.4, -0.2) is 25.6 Å². The van der Waals surface area contributed by atoms with Gasteiger partial charge in [0.05, 0.1) is 7.11 Å². The number of benzene rings is 1. The number of carbonyl (C=O) groups excluding carboxylic acids is 2. The van der Waals surface area contributed by atoms with E-state index in [1.807, 2.05) is 31.2 Å². The third-order valence-corrected chi connectivity index (χ3v) is 3.16. The van der Waals surface area contributed by atoms with Crippen LogP contribution in [0, 0.1) is 6.92 Å². The third-order valence-electron chi connectivity index (χ3n) is 3.16. The van der Waals surface area contributed by atoms with Gasteiger partial charge in [-0.25, -0.2) is 4.79 Å². The Bertz CT molecular complexity index is 733. The van der Waals surface area contributed by atoms with Gasteiger partial charge in [0.2, 0.25) is 0 Å². The monoisotopic (exact) mass is 329 g/mol. The SMILES string of the molecule is COc1ccccc1CNC(=O)COC(=O)/C=C/c1ccc(C)o1. The molecule has 24 heavy (non-hydrogen) atoms. The molecule has 1 amide bonds. The Kier molecular flexibility index (Phi) is 6.19. The number of ether oxygens (including phenoxy) is 2. The van der Waals surface area contributed by atoms with Gasteiger partial charge in [-0.05, 0) is 31.2 Å². The summed E-state index contributed by atoms with van der Waals surface area (Å²) in [7, 11) is 1.56.